The Hall–Kier alpha value is -0.930. The maximum Gasteiger partial charge on any atom is 0.169 e. The molecule has 110 valence electrons. The topological polar surface area (TPSA) is 26.3 Å². The van der Waals surface area contributed by atoms with E-state index in [2.05, 4.69) is 0 Å². The molecule has 1 aromatic rings. The molecule has 0 atom stereocenters. The number of methoxy groups -OCH3 is 1. The molecule has 1 saturated carbocycles. The second-order valence-electron chi connectivity index (χ2n) is 5.45. The highest BCUT2D eigenvalue weighted by atomic mass is 35.5. The molecule has 0 bridgehead atoms. The van der Waals surface area contributed by atoms with Crippen LogP contribution in [0.4, 0.5) is 4.39 Å². The number of rotatable bonds is 4. The molecule has 0 unspecified atom stereocenters. The second kappa shape index (κ2) is 6.68. The van der Waals surface area contributed by atoms with Crippen LogP contribution in [0.1, 0.15) is 44.1 Å². The first-order chi connectivity index (χ1) is 9.57. The summed E-state index contributed by atoms with van der Waals surface area (Å²) in [6, 6.07) is 4.31. The molecular weight excluding hydrogens is 279 g/mol. The van der Waals surface area contributed by atoms with Gasteiger partial charge in [0, 0.05) is 18.6 Å². The summed E-state index contributed by atoms with van der Waals surface area (Å²) in [5, 5.41) is 0.446. The van der Waals surface area contributed by atoms with Gasteiger partial charge in [0.05, 0.1) is 0 Å². The van der Waals surface area contributed by atoms with E-state index in [1.54, 1.807) is 7.11 Å². The lowest BCUT2D eigenvalue weighted by Gasteiger charge is -2.29. The van der Waals surface area contributed by atoms with E-state index >= 15 is 0 Å². The molecule has 0 radical (unpaired) electrons. The third kappa shape index (κ3) is 3.39. The normalized spacial score (nSPS) is 18.6. The zero-order valence-electron chi connectivity index (χ0n) is 11.8. The highest BCUT2D eigenvalue weighted by Gasteiger charge is 2.38. The monoisotopic (exact) mass is 298 g/mol. The summed E-state index contributed by atoms with van der Waals surface area (Å²) in [5.41, 5.74) is -0.395. The molecule has 2 nitrogen and oxygen atoms in total. The van der Waals surface area contributed by atoms with E-state index in [4.69, 9.17) is 16.3 Å². The van der Waals surface area contributed by atoms with Gasteiger partial charge in [-0.2, -0.15) is 0 Å². The Bertz CT molecular complexity index is 479. The molecule has 1 fully saturated rings. The number of benzene rings is 1. The molecular formula is C16H20ClFO2. The minimum atomic E-state index is -0.745. The van der Waals surface area contributed by atoms with Crippen molar-refractivity contribution in [3.05, 3.63) is 34.6 Å². The zero-order valence-corrected chi connectivity index (χ0v) is 12.5. The summed E-state index contributed by atoms with van der Waals surface area (Å²) in [4.78, 5) is 12.6. The van der Waals surface area contributed by atoms with Gasteiger partial charge in [-0.25, -0.2) is 4.39 Å². The fraction of sp³-hybridized carbons (Fsp3) is 0.562. The lowest BCUT2D eigenvalue weighted by Crippen LogP contribution is -2.41. The van der Waals surface area contributed by atoms with E-state index in [0.717, 1.165) is 38.5 Å². The quantitative estimate of drug-likeness (QED) is 0.773. The van der Waals surface area contributed by atoms with Gasteiger partial charge in [0.25, 0.3) is 0 Å². The molecule has 0 spiro atoms. The fourth-order valence-corrected chi connectivity index (χ4v) is 3.10. The number of hydrogen-bond donors (Lipinski definition) is 0. The SMILES string of the molecule is COC1(C(=O)Cc2cc(Cl)ccc2F)CCCCCC1. The van der Waals surface area contributed by atoms with Gasteiger partial charge in [0.15, 0.2) is 5.78 Å². The molecule has 0 amide bonds. The van der Waals surface area contributed by atoms with Crippen LogP contribution in [-0.4, -0.2) is 18.5 Å². The van der Waals surface area contributed by atoms with Crippen molar-refractivity contribution in [2.45, 2.75) is 50.5 Å². The molecule has 2 rings (SSSR count). The zero-order chi connectivity index (χ0) is 14.6. The Balaban J connectivity index is 2.18. The second-order valence-corrected chi connectivity index (χ2v) is 5.88. The maximum absolute atomic E-state index is 13.8. The number of ether oxygens (including phenoxy) is 1. The van der Waals surface area contributed by atoms with Gasteiger partial charge in [-0.05, 0) is 36.6 Å². The van der Waals surface area contributed by atoms with Crippen LogP contribution < -0.4 is 0 Å². The highest BCUT2D eigenvalue weighted by Crippen LogP contribution is 2.32. The van der Waals surface area contributed by atoms with Gasteiger partial charge in [0.2, 0.25) is 0 Å². The third-order valence-electron chi connectivity index (χ3n) is 4.17. The third-order valence-corrected chi connectivity index (χ3v) is 4.40. The first kappa shape index (κ1) is 15.5. The summed E-state index contributed by atoms with van der Waals surface area (Å²) >= 11 is 5.87. The molecule has 1 aromatic carbocycles. The van der Waals surface area contributed by atoms with Crippen molar-refractivity contribution in [3.63, 3.8) is 0 Å². The number of Topliss-reactive ketones (excluding diaryl/α,β-unsaturated/α-hetero) is 1. The summed E-state index contributed by atoms with van der Waals surface area (Å²) < 4.78 is 19.3. The van der Waals surface area contributed by atoms with E-state index in [1.807, 2.05) is 0 Å². The van der Waals surface area contributed by atoms with E-state index in [1.165, 1.54) is 18.2 Å². The summed E-state index contributed by atoms with van der Waals surface area (Å²) in [5.74, 6) is -0.425. The average Bonchev–Trinajstić information content (AvgIpc) is 2.69. The van der Waals surface area contributed by atoms with Crippen LogP contribution in [-0.2, 0) is 16.0 Å². The molecule has 0 aliphatic heterocycles. The Labute approximate surface area is 124 Å². The van der Waals surface area contributed by atoms with Gasteiger partial charge >= 0.3 is 0 Å². The van der Waals surface area contributed by atoms with Gasteiger partial charge in [-0.1, -0.05) is 37.3 Å². The molecule has 4 heteroatoms. The van der Waals surface area contributed by atoms with Crippen molar-refractivity contribution in [3.8, 4) is 0 Å². The molecule has 20 heavy (non-hydrogen) atoms. The van der Waals surface area contributed by atoms with Crippen molar-refractivity contribution in [2.75, 3.05) is 7.11 Å². The van der Waals surface area contributed by atoms with Crippen LogP contribution >= 0.6 is 11.6 Å². The Morgan fingerprint density at radius 3 is 2.55 bits per heavy atom. The van der Waals surface area contributed by atoms with Crippen molar-refractivity contribution < 1.29 is 13.9 Å². The smallest absolute Gasteiger partial charge is 0.169 e. The lowest BCUT2D eigenvalue weighted by molar-refractivity contribution is -0.142. The van der Waals surface area contributed by atoms with Crippen molar-refractivity contribution in [1.29, 1.82) is 0 Å². The minimum absolute atomic E-state index is 0.0388. The van der Waals surface area contributed by atoms with Gasteiger partial charge in [-0.3, -0.25) is 4.79 Å². The minimum Gasteiger partial charge on any atom is -0.370 e. The lowest BCUT2D eigenvalue weighted by atomic mass is 9.86. The highest BCUT2D eigenvalue weighted by molar-refractivity contribution is 6.30. The predicted molar refractivity (Wildman–Crippen MR) is 77.6 cm³/mol. The Morgan fingerprint density at radius 2 is 1.95 bits per heavy atom. The number of hydrogen-bond acceptors (Lipinski definition) is 2. The largest absolute Gasteiger partial charge is 0.370 e. The van der Waals surface area contributed by atoms with Crippen LogP contribution in [0.25, 0.3) is 0 Å². The molecule has 0 saturated heterocycles. The standard InChI is InChI=1S/C16H20ClFO2/c1-20-16(8-4-2-3-5-9-16)15(19)11-12-10-13(17)6-7-14(12)18/h6-7,10H,2-5,8-9,11H2,1H3. The van der Waals surface area contributed by atoms with E-state index in [9.17, 15) is 9.18 Å². The predicted octanol–water partition coefficient (Wildman–Crippen LogP) is 4.33. The molecule has 1 aliphatic rings. The summed E-state index contributed by atoms with van der Waals surface area (Å²) in [6.45, 7) is 0. The Kier molecular flexibility index (Phi) is 5.17. The van der Waals surface area contributed by atoms with Gasteiger partial charge in [0.1, 0.15) is 11.4 Å². The number of halogens is 2. The van der Waals surface area contributed by atoms with Gasteiger partial charge in [-0.15, -0.1) is 0 Å². The average molecular weight is 299 g/mol. The molecule has 0 aromatic heterocycles. The summed E-state index contributed by atoms with van der Waals surface area (Å²) in [6.07, 6.45) is 5.72. The van der Waals surface area contributed by atoms with E-state index in [0.29, 0.717) is 10.6 Å². The molecule has 0 N–H and O–H groups in total. The number of carbonyl (C=O) groups excluding carboxylic acids is 1. The van der Waals surface area contributed by atoms with Crippen molar-refractivity contribution in [1.82, 2.24) is 0 Å². The maximum atomic E-state index is 13.8. The number of ketones is 1. The van der Waals surface area contributed by atoms with E-state index < -0.39 is 5.60 Å². The van der Waals surface area contributed by atoms with Crippen LogP contribution in [0.15, 0.2) is 18.2 Å². The van der Waals surface area contributed by atoms with Crippen LogP contribution in [0.2, 0.25) is 5.02 Å². The number of carbonyl (C=O) groups is 1. The Morgan fingerprint density at radius 1 is 1.30 bits per heavy atom. The van der Waals surface area contributed by atoms with Crippen LogP contribution in [0.3, 0.4) is 0 Å². The van der Waals surface area contributed by atoms with Crippen molar-refractivity contribution >= 4 is 17.4 Å². The fourth-order valence-electron chi connectivity index (χ4n) is 2.91. The summed E-state index contributed by atoms with van der Waals surface area (Å²) in [7, 11) is 1.58. The first-order valence-electron chi connectivity index (χ1n) is 7.10. The van der Waals surface area contributed by atoms with Crippen molar-refractivity contribution in [2.24, 2.45) is 0 Å². The van der Waals surface area contributed by atoms with Crippen LogP contribution in [0, 0.1) is 5.82 Å². The first-order valence-corrected chi connectivity index (χ1v) is 7.47. The van der Waals surface area contributed by atoms with Gasteiger partial charge < -0.3 is 4.74 Å². The van der Waals surface area contributed by atoms with E-state index in [-0.39, 0.29) is 18.0 Å². The molecule has 1 aliphatic carbocycles. The molecule has 0 heterocycles. The van der Waals surface area contributed by atoms with Crippen LogP contribution in [0.5, 0.6) is 0 Å².